The number of hydrogen-bond acceptors (Lipinski definition) is 3. The molecule has 0 bridgehead atoms. The lowest BCUT2D eigenvalue weighted by molar-refractivity contribution is 0.0950. The molecule has 4 N–H and O–H groups in total. The number of nitrogens with two attached hydrogens (primary N) is 1. The van der Waals surface area contributed by atoms with Gasteiger partial charge in [-0.05, 0) is 24.3 Å². The van der Waals surface area contributed by atoms with Gasteiger partial charge in [0.1, 0.15) is 0 Å². The Morgan fingerprint density at radius 3 is 2.94 bits per heavy atom. The van der Waals surface area contributed by atoms with E-state index in [1.54, 1.807) is 30.5 Å². The number of rotatable bonds is 3. The van der Waals surface area contributed by atoms with Crippen molar-refractivity contribution in [2.24, 2.45) is 0 Å². The summed E-state index contributed by atoms with van der Waals surface area (Å²) in [5.41, 5.74) is 7.58. The zero-order valence-electron chi connectivity index (χ0n) is 8.90. The predicted molar refractivity (Wildman–Crippen MR) is 68.3 cm³/mol. The summed E-state index contributed by atoms with van der Waals surface area (Å²) in [6, 6.07) is 6.90. The number of aromatic amines is 1. The van der Waals surface area contributed by atoms with E-state index in [9.17, 15) is 4.79 Å². The van der Waals surface area contributed by atoms with Crippen LogP contribution in [0.1, 0.15) is 16.1 Å². The third kappa shape index (κ3) is 3.07. The van der Waals surface area contributed by atoms with Crippen LogP contribution in [0.3, 0.4) is 0 Å². The molecule has 1 aromatic carbocycles. The van der Waals surface area contributed by atoms with Gasteiger partial charge in [-0.25, -0.2) is 0 Å². The molecule has 5 nitrogen and oxygen atoms in total. The van der Waals surface area contributed by atoms with Gasteiger partial charge in [0.25, 0.3) is 5.91 Å². The van der Waals surface area contributed by atoms with Crippen molar-refractivity contribution in [2.45, 2.75) is 6.54 Å². The van der Waals surface area contributed by atoms with Crippen LogP contribution in [-0.2, 0) is 6.54 Å². The number of nitrogens with zero attached hydrogens (tertiary/aromatic N) is 1. The topological polar surface area (TPSA) is 83.8 Å². The van der Waals surface area contributed by atoms with Crippen LogP contribution in [0.5, 0.6) is 0 Å². The van der Waals surface area contributed by atoms with Crippen LogP contribution in [0.4, 0.5) is 5.69 Å². The molecule has 0 aliphatic rings. The summed E-state index contributed by atoms with van der Waals surface area (Å²) in [6.07, 6.45) is 1.64. The lowest BCUT2D eigenvalue weighted by Crippen LogP contribution is -2.23. The van der Waals surface area contributed by atoms with Gasteiger partial charge >= 0.3 is 0 Å². The molecule has 0 fully saturated rings. The van der Waals surface area contributed by atoms with Crippen LogP contribution in [0.2, 0.25) is 0 Å². The van der Waals surface area contributed by atoms with E-state index in [1.165, 1.54) is 0 Å². The molecule has 0 saturated carbocycles. The smallest absolute Gasteiger partial charge is 0.251 e. The summed E-state index contributed by atoms with van der Waals surface area (Å²) in [7, 11) is 0. The van der Waals surface area contributed by atoms with Gasteiger partial charge in [-0.15, -0.1) is 0 Å². The minimum Gasteiger partial charge on any atom is -0.399 e. The number of hydrogen-bond donors (Lipinski definition) is 3. The molecule has 88 valence electrons. The number of carbonyl (C=O) groups is 1. The molecule has 0 radical (unpaired) electrons. The predicted octanol–water partition coefficient (Wildman–Crippen LogP) is 1.68. The Kier molecular flexibility index (Phi) is 3.43. The van der Waals surface area contributed by atoms with Gasteiger partial charge in [0.05, 0.1) is 12.2 Å². The highest BCUT2D eigenvalue weighted by atomic mass is 79.9. The monoisotopic (exact) mass is 294 g/mol. The van der Waals surface area contributed by atoms with Gasteiger partial charge in [-0.1, -0.05) is 15.9 Å². The molecule has 2 aromatic rings. The van der Waals surface area contributed by atoms with E-state index in [4.69, 9.17) is 5.73 Å². The van der Waals surface area contributed by atoms with Crippen molar-refractivity contribution in [2.75, 3.05) is 5.73 Å². The van der Waals surface area contributed by atoms with E-state index >= 15 is 0 Å². The van der Waals surface area contributed by atoms with Crippen molar-refractivity contribution in [3.63, 3.8) is 0 Å². The van der Waals surface area contributed by atoms with Crippen molar-refractivity contribution in [3.8, 4) is 0 Å². The first kappa shape index (κ1) is 11.7. The van der Waals surface area contributed by atoms with E-state index in [1.807, 2.05) is 0 Å². The molecule has 2 rings (SSSR count). The first-order valence-corrected chi connectivity index (χ1v) is 5.77. The Balaban J connectivity index is 2.04. The van der Waals surface area contributed by atoms with Crippen LogP contribution in [0.15, 0.2) is 34.9 Å². The number of nitrogens with one attached hydrogen (secondary N) is 2. The van der Waals surface area contributed by atoms with Crippen molar-refractivity contribution in [1.29, 1.82) is 0 Å². The summed E-state index contributed by atoms with van der Waals surface area (Å²) in [6.45, 7) is 0.408. The van der Waals surface area contributed by atoms with Crippen LogP contribution >= 0.6 is 15.9 Å². The Hall–Kier alpha value is -1.82. The Bertz CT molecular complexity index is 504. The number of anilines is 1. The van der Waals surface area contributed by atoms with Gasteiger partial charge in [0.2, 0.25) is 0 Å². The Morgan fingerprint density at radius 1 is 1.47 bits per heavy atom. The number of carbonyl (C=O) groups excluding carboxylic acids is 1. The lowest BCUT2D eigenvalue weighted by atomic mass is 10.2. The Labute approximate surface area is 107 Å². The number of nitrogen functional groups attached to an aromatic ring is 1. The molecule has 1 aromatic heterocycles. The average Bonchev–Trinajstić information content (AvgIpc) is 2.77. The first-order valence-electron chi connectivity index (χ1n) is 4.97. The highest BCUT2D eigenvalue weighted by Gasteiger charge is 2.07. The summed E-state index contributed by atoms with van der Waals surface area (Å²) in [5, 5.41) is 9.33. The number of amides is 1. The van der Waals surface area contributed by atoms with Crippen molar-refractivity contribution in [3.05, 3.63) is 46.2 Å². The zero-order chi connectivity index (χ0) is 12.3. The molecule has 1 heterocycles. The second kappa shape index (κ2) is 5.01. The molecule has 0 saturated heterocycles. The molecular formula is C11H11BrN4O. The molecule has 0 atom stereocenters. The van der Waals surface area contributed by atoms with Crippen molar-refractivity contribution < 1.29 is 4.79 Å². The maximum absolute atomic E-state index is 11.8. The SMILES string of the molecule is Nc1cc(Br)cc(C(=O)NCc2ccn[nH]2)c1. The standard InChI is InChI=1S/C11H11BrN4O/c12-8-3-7(4-9(13)5-8)11(17)14-6-10-1-2-15-16-10/h1-5H,6,13H2,(H,14,17)(H,15,16). The molecule has 17 heavy (non-hydrogen) atoms. The van der Waals surface area contributed by atoms with Gasteiger partial charge < -0.3 is 11.1 Å². The van der Waals surface area contributed by atoms with Crippen molar-refractivity contribution in [1.82, 2.24) is 15.5 Å². The van der Waals surface area contributed by atoms with Gasteiger partial charge in [-0.2, -0.15) is 5.10 Å². The maximum atomic E-state index is 11.8. The van der Waals surface area contributed by atoms with Crippen LogP contribution in [-0.4, -0.2) is 16.1 Å². The molecule has 0 unspecified atom stereocenters. The quantitative estimate of drug-likeness (QED) is 0.753. The molecule has 6 heteroatoms. The molecular weight excluding hydrogens is 284 g/mol. The summed E-state index contributed by atoms with van der Waals surface area (Å²) < 4.78 is 0.782. The number of benzene rings is 1. The fourth-order valence-electron chi connectivity index (χ4n) is 1.40. The average molecular weight is 295 g/mol. The normalized spacial score (nSPS) is 10.2. The minimum absolute atomic E-state index is 0.174. The third-order valence-corrected chi connectivity index (χ3v) is 2.64. The summed E-state index contributed by atoms with van der Waals surface area (Å²) in [4.78, 5) is 11.8. The zero-order valence-corrected chi connectivity index (χ0v) is 10.5. The number of H-pyrrole nitrogens is 1. The third-order valence-electron chi connectivity index (χ3n) is 2.18. The van der Waals surface area contributed by atoms with Gasteiger partial charge in [0, 0.05) is 21.9 Å². The van der Waals surface area contributed by atoms with Crippen molar-refractivity contribution >= 4 is 27.5 Å². The first-order chi connectivity index (χ1) is 8.15. The van der Waals surface area contributed by atoms with E-state index < -0.39 is 0 Å². The van der Waals surface area contributed by atoms with Crippen LogP contribution in [0.25, 0.3) is 0 Å². The number of halogens is 1. The second-order valence-electron chi connectivity index (χ2n) is 3.54. The molecule has 0 aliphatic carbocycles. The van der Waals surface area contributed by atoms with E-state index in [-0.39, 0.29) is 5.91 Å². The number of aromatic nitrogens is 2. The molecule has 0 aliphatic heterocycles. The van der Waals surface area contributed by atoms with Crippen LogP contribution < -0.4 is 11.1 Å². The summed E-state index contributed by atoms with van der Waals surface area (Å²) in [5.74, 6) is -0.174. The second-order valence-corrected chi connectivity index (χ2v) is 4.45. The van der Waals surface area contributed by atoms with E-state index in [2.05, 4.69) is 31.4 Å². The molecule has 0 spiro atoms. The van der Waals surface area contributed by atoms with Crippen LogP contribution in [0, 0.1) is 0 Å². The lowest BCUT2D eigenvalue weighted by Gasteiger charge is -2.05. The molecule has 1 amide bonds. The maximum Gasteiger partial charge on any atom is 0.251 e. The fourth-order valence-corrected chi connectivity index (χ4v) is 1.92. The fraction of sp³-hybridized carbons (Fsp3) is 0.0909. The van der Waals surface area contributed by atoms with Gasteiger partial charge in [-0.3, -0.25) is 9.89 Å². The van der Waals surface area contributed by atoms with E-state index in [0.29, 0.717) is 17.8 Å². The van der Waals surface area contributed by atoms with E-state index in [0.717, 1.165) is 10.2 Å². The highest BCUT2D eigenvalue weighted by Crippen LogP contribution is 2.17. The van der Waals surface area contributed by atoms with Gasteiger partial charge in [0.15, 0.2) is 0 Å². The largest absolute Gasteiger partial charge is 0.399 e. The highest BCUT2D eigenvalue weighted by molar-refractivity contribution is 9.10. The summed E-state index contributed by atoms with van der Waals surface area (Å²) >= 11 is 3.29. The Morgan fingerprint density at radius 2 is 2.29 bits per heavy atom. The minimum atomic E-state index is -0.174.